The lowest BCUT2D eigenvalue weighted by molar-refractivity contribution is -0.140. The molecule has 0 saturated heterocycles. The molecular weight excluding hydrogens is 524 g/mol. The first kappa shape index (κ1) is 36.9. The summed E-state index contributed by atoms with van der Waals surface area (Å²) in [5, 5.41) is 22.7. The first-order valence-electron chi connectivity index (χ1n) is 15.8. The van der Waals surface area contributed by atoms with Crippen molar-refractivity contribution in [2.24, 2.45) is 22.4 Å². The van der Waals surface area contributed by atoms with Crippen LogP contribution in [0.25, 0.3) is 0 Å². The highest BCUT2D eigenvalue weighted by atomic mass is 16.5. The second kappa shape index (κ2) is 22.4. The normalized spacial score (nSPS) is 20.1. The third-order valence-corrected chi connectivity index (χ3v) is 7.83. The molecule has 0 radical (unpaired) electrons. The van der Waals surface area contributed by atoms with Crippen molar-refractivity contribution >= 4 is 17.8 Å². The van der Waals surface area contributed by atoms with Gasteiger partial charge in [0.2, 0.25) is 5.91 Å². The molecule has 0 unspecified atom stereocenters. The van der Waals surface area contributed by atoms with Gasteiger partial charge in [-0.25, -0.2) is 9.79 Å². The molecule has 10 nitrogen and oxygen atoms in total. The third-order valence-electron chi connectivity index (χ3n) is 7.83. The quantitative estimate of drug-likeness (QED) is 0.0523. The molecule has 1 aliphatic rings. The van der Waals surface area contributed by atoms with Gasteiger partial charge in [0.05, 0.1) is 31.4 Å². The molecule has 1 rings (SSSR count). The van der Waals surface area contributed by atoms with Gasteiger partial charge in [-0.15, -0.1) is 0 Å². The number of aliphatic hydroxyl groups is 2. The molecule has 0 fully saturated rings. The third kappa shape index (κ3) is 15.6. The monoisotopic (exact) mass is 582 g/mol. The van der Waals surface area contributed by atoms with Gasteiger partial charge < -0.3 is 36.5 Å². The molecule has 0 bridgehead atoms. The lowest BCUT2D eigenvalue weighted by Crippen LogP contribution is -2.56. The molecule has 0 aromatic rings. The van der Waals surface area contributed by atoms with Crippen molar-refractivity contribution in [2.45, 2.75) is 141 Å². The number of esters is 1. The van der Waals surface area contributed by atoms with Crippen LogP contribution >= 0.6 is 0 Å². The summed E-state index contributed by atoms with van der Waals surface area (Å²) in [6.07, 6.45) is 18.6. The number of nitrogens with two attached hydrogens (primary N) is 2. The average molecular weight is 583 g/mol. The highest BCUT2D eigenvalue weighted by Crippen LogP contribution is 2.32. The van der Waals surface area contributed by atoms with Gasteiger partial charge >= 0.3 is 5.97 Å². The van der Waals surface area contributed by atoms with E-state index >= 15 is 0 Å². The molecule has 0 spiro atoms. The number of rotatable bonds is 23. The number of carbonyl (C=O) groups is 2. The molecule has 0 heterocycles. The fraction of sp³-hybridized carbons (Fsp3) is 0.839. The molecule has 0 saturated carbocycles. The highest BCUT2D eigenvalue weighted by molar-refractivity contribution is 5.89. The summed E-state index contributed by atoms with van der Waals surface area (Å²) < 4.78 is 11.0. The number of hydrogen-bond donors (Lipinski definition) is 5. The van der Waals surface area contributed by atoms with E-state index in [1.54, 1.807) is 6.08 Å². The van der Waals surface area contributed by atoms with Crippen molar-refractivity contribution < 1.29 is 29.3 Å². The molecular formula is C31H58N4O6. The van der Waals surface area contributed by atoms with E-state index in [0.29, 0.717) is 12.2 Å². The number of hydrogen-bond acceptors (Lipinski definition) is 7. The first-order valence-corrected chi connectivity index (χ1v) is 15.8. The van der Waals surface area contributed by atoms with E-state index in [9.17, 15) is 19.8 Å². The van der Waals surface area contributed by atoms with Crippen LogP contribution in [-0.2, 0) is 19.1 Å². The number of ether oxygens (including phenoxy) is 2. The summed E-state index contributed by atoms with van der Waals surface area (Å²) in [4.78, 5) is 29.1. The van der Waals surface area contributed by atoms with E-state index in [2.05, 4.69) is 17.2 Å². The SMILES string of the molecule is CCCCCCCCCCCCCCCCCOC(=O)C1=C[C@H](N=C(N)N)[C@@H](NC(C)=O)[C@H]([C@H](OC)[C@H](O)CO)C1. The molecule has 5 atom stereocenters. The van der Waals surface area contributed by atoms with E-state index in [1.807, 2.05) is 0 Å². The Morgan fingerprint density at radius 3 is 1.93 bits per heavy atom. The van der Waals surface area contributed by atoms with E-state index in [4.69, 9.17) is 20.9 Å². The Hall–Kier alpha value is -2.17. The second-order valence-corrected chi connectivity index (χ2v) is 11.4. The van der Waals surface area contributed by atoms with Crippen LogP contribution in [0, 0.1) is 5.92 Å². The predicted molar refractivity (Wildman–Crippen MR) is 163 cm³/mol. The zero-order valence-corrected chi connectivity index (χ0v) is 25.8. The van der Waals surface area contributed by atoms with Crippen LogP contribution in [0.4, 0.5) is 0 Å². The van der Waals surface area contributed by atoms with E-state index in [-0.39, 0.29) is 18.3 Å². The zero-order chi connectivity index (χ0) is 30.5. The maximum atomic E-state index is 13.0. The van der Waals surface area contributed by atoms with E-state index < -0.39 is 42.8 Å². The number of methoxy groups -OCH3 is 1. The Balaban J connectivity index is 2.47. The fourth-order valence-electron chi connectivity index (χ4n) is 5.65. The van der Waals surface area contributed by atoms with Crippen LogP contribution in [-0.4, -0.2) is 72.7 Å². The molecule has 0 aliphatic heterocycles. The summed E-state index contributed by atoms with van der Waals surface area (Å²) >= 11 is 0. The van der Waals surface area contributed by atoms with E-state index in [0.717, 1.165) is 19.3 Å². The number of amides is 1. The van der Waals surface area contributed by atoms with Gasteiger partial charge in [0.15, 0.2) is 5.96 Å². The summed E-state index contributed by atoms with van der Waals surface area (Å²) in [7, 11) is 1.40. The Morgan fingerprint density at radius 1 is 0.976 bits per heavy atom. The van der Waals surface area contributed by atoms with Crippen LogP contribution < -0.4 is 16.8 Å². The number of nitrogens with one attached hydrogen (secondary N) is 1. The minimum atomic E-state index is -1.23. The topological polar surface area (TPSA) is 169 Å². The van der Waals surface area contributed by atoms with Gasteiger partial charge in [0.25, 0.3) is 0 Å². The molecule has 7 N–H and O–H groups in total. The minimum Gasteiger partial charge on any atom is -0.462 e. The van der Waals surface area contributed by atoms with Gasteiger partial charge in [-0.3, -0.25) is 4.79 Å². The second-order valence-electron chi connectivity index (χ2n) is 11.4. The van der Waals surface area contributed by atoms with Gasteiger partial charge in [0.1, 0.15) is 6.10 Å². The lowest BCUT2D eigenvalue weighted by Gasteiger charge is -2.40. The largest absolute Gasteiger partial charge is 0.462 e. The molecule has 1 amide bonds. The number of carbonyl (C=O) groups excluding carboxylic acids is 2. The van der Waals surface area contributed by atoms with Crippen LogP contribution in [0.3, 0.4) is 0 Å². The minimum absolute atomic E-state index is 0.161. The van der Waals surface area contributed by atoms with Crippen molar-refractivity contribution in [1.82, 2.24) is 5.32 Å². The van der Waals surface area contributed by atoms with Crippen molar-refractivity contribution in [3.05, 3.63) is 11.6 Å². The van der Waals surface area contributed by atoms with E-state index in [1.165, 1.54) is 91.1 Å². The van der Waals surface area contributed by atoms with Gasteiger partial charge in [-0.1, -0.05) is 96.8 Å². The van der Waals surface area contributed by atoms with Crippen molar-refractivity contribution in [3.8, 4) is 0 Å². The number of aliphatic hydroxyl groups excluding tert-OH is 2. The van der Waals surface area contributed by atoms with Gasteiger partial charge in [0, 0.05) is 25.5 Å². The highest BCUT2D eigenvalue weighted by Gasteiger charge is 2.43. The summed E-state index contributed by atoms with van der Waals surface area (Å²) in [6.45, 7) is 3.39. The van der Waals surface area contributed by atoms with Crippen LogP contribution in [0.15, 0.2) is 16.6 Å². The van der Waals surface area contributed by atoms with Gasteiger partial charge in [-0.2, -0.15) is 0 Å². The molecule has 0 aromatic heterocycles. The molecule has 238 valence electrons. The average Bonchev–Trinajstić information content (AvgIpc) is 2.93. The summed E-state index contributed by atoms with van der Waals surface area (Å²) in [6, 6.07) is -1.42. The summed E-state index contributed by atoms with van der Waals surface area (Å²) in [5.74, 6) is -1.59. The number of nitrogens with zero attached hydrogens (tertiary/aromatic N) is 1. The number of aliphatic imine (C=N–C) groups is 1. The lowest BCUT2D eigenvalue weighted by atomic mass is 9.76. The standard InChI is InChI=1S/C31H58N4O6/c1-4-5-6-7-8-9-10-11-12-13-14-15-16-17-18-19-41-30(39)24-20-25(29(40-3)27(38)22-36)28(34-23(2)37)26(21-24)35-31(32)33/h21,25-29,36,38H,4-20,22H2,1-3H3,(H,34,37)(H4,32,33,35)/t25-,26+,27-,28+,29+/m1/s1. The van der Waals surface area contributed by atoms with Crippen molar-refractivity contribution in [1.29, 1.82) is 0 Å². The van der Waals surface area contributed by atoms with Crippen molar-refractivity contribution in [3.63, 3.8) is 0 Å². The van der Waals surface area contributed by atoms with Crippen LogP contribution in [0.5, 0.6) is 0 Å². The number of unbranched alkanes of at least 4 members (excludes halogenated alkanes) is 14. The molecule has 0 aromatic carbocycles. The smallest absolute Gasteiger partial charge is 0.333 e. The predicted octanol–water partition coefficient (Wildman–Crippen LogP) is 3.86. The number of guanidine groups is 1. The molecule has 10 heteroatoms. The van der Waals surface area contributed by atoms with Crippen LogP contribution in [0.1, 0.15) is 117 Å². The fourth-order valence-corrected chi connectivity index (χ4v) is 5.65. The summed E-state index contributed by atoms with van der Waals surface area (Å²) in [5.41, 5.74) is 11.6. The maximum absolute atomic E-state index is 13.0. The Morgan fingerprint density at radius 2 is 1.49 bits per heavy atom. The Labute approximate surface area is 247 Å². The Bertz CT molecular complexity index is 787. The Kier molecular flexibility index (Phi) is 20.2. The first-order chi connectivity index (χ1) is 19.7. The van der Waals surface area contributed by atoms with Crippen molar-refractivity contribution in [2.75, 3.05) is 20.3 Å². The maximum Gasteiger partial charge on any atom is 0.333 e. The van der Waals surface area contributed by atoms with Gasteiger partial charge in [-0.05, 0) is 18.9 Å². The van der Waals surface area contributed by atoms with Crippen LogP contribution in [0.2, 0.25) is 0 Å². The molecule has 41 heavy (non-hydrogen) atoms. The zero-order valence-electron chi connectivity index (χ0n) is 25.8. The molecule has 1 aliphatic carbocycles.